The highest BCUT2D eigenvalue weighted by molar-refractivity contribution is 5.23. The van der Waals surface area contributed by atoms with Gasteiger partial charge in [0.2, 0.25) is 0 Å². The van der Waals surface area contributed by atoms with Crippen molar-refractivity contribution in [1.82, 2.24) is 0 Å². The van der Waals surface area contributed by atoms with Crippen molar-refractivity contribution in [1.29, 1.82) is 5.26 Å². The largest absolute Gasteiger partial charge is 0.467 e. The Kier molecular flexibility index (Phi) is 2.81. The SMILES string of the molecule is N#CCC(N)c1occc1C(F)(F)F. The van der Waals surface area contributed by atoms with Crippen LogP contribution in [-0.4, -0.2) is 0 Å². The molecule has 3 nitrogen and oxygen atoms in total. The first-order valence-electron chi connectivity index (χ1n) is 3.74. The van der Waals surface area contributed by atoms with Crippen molar-refractivity contribution in [3.05, 3.63) is 23.7 Å². The van der Waals surface area contributed by atoms with Crippen molar-refractivity contribution >= 4 is 0 Å². The van der Waals surface area contributed by atoms with Crippen LogP contribution in [0.3, 0.4) is 0 Å². The van der Waals surface area contributed by atoms with Gasteiger partial charge in [-0.1, -0.05) is 0 Å². The van der Waals surface area contributed by atoms with Crippen LogP contribution in [0.15, 0.2) is 16.7 Å². The molecule has 0 aliphatic carbocycles. The van der Waals surface area contributed by atoms with Crippen LogP contribution in [0.4, 0.5) is 13.2 Å². The summed E-state index contributed by atoms with van der Waals surface area (Å²) in [5.41, 5.74) is 4.41. The highest BCUT2D eigenvalue weighted by Gasteiger charge is 2.36. The van der Waals surface area contributed by atoms with Gasteiger partial charge in [-0.25, -0.2) is 0 Å². The number of nitriles is 1. The van der Waals surface area contributed by atoms with Gasteiger partial charge in [-0.05, 0) is 6.07 Å². The van der Waals surface area contributed by atoms with E-state index in [1.54, 1.807) is 6.07 Å². The Morgan fingerprint density at radius 3 is 2.71 bits per heavy atom. The molecule has 0 saturated heterocycles. The van der Waals surface area contributed by atoms with Gasteiger partial charge in [0.25, 0.3) is 0 Å². The molecule has 0 spiro atoms. The van der Waals surface area contributed by atoms with Crippen molar-refractivity contribution in [2.45, 2.75) is 18.6 Å². The van der Waals surface area contributed by atoms with Crippen LogP contribution in [0.2, 0.25) is 0 Å². The lowest BCUT2D eigenvalue weighted by Gasteiger charge is -2.09. The van der Waals surface area contributed by atoms with E-state index < -0.39 is 17.8 Å². The second-order valence-electron chi connectivity index (χ2n) is 2.67. The van der Waals surface area contributed by atoms with Crippen molar-refractivity contribution < 1.29 is 17.6 Å². The fraction of sp³-hybridized carbons (Fsp3) is 0.375. The summed E-state index contributed by atoms with van der Waals surface area (Å²) in [6, 6.07) is 1.44. The first-order chi connectivity index (χ1) is 6.46. The van der Waals surface area contributed by atoms with E-state index in [-0.39, 0.29) is 12.2 Å². The zero-order valence-corrected chi connectivity index (χ0v) is 7.01. The van der Waals surface area contributed by atoms with Crippen LogP contribution in [0, 0.1) is 11.3 Å². The van der Waals surface area contributed by atoms with Gasteiger partial charge in [-0.15, -0.1) is 0 Å². The Morgan fingerprint density at radius 1 is 1.57 bits per heavy atom. The predicted molar refractivity (Wildman–Crippen MR) is 40.9 cm³/mol. The molecule has 0 bridgehead atoms. The molecule has 6 heteroatoms. The van der Waals surface area contributed by atoms with Crippen molar-refractivity contribution in [3.8, 4) is 6.07 Å². The lowest BCUT2D eigenvalue weighted by molar-refractivity contribution is -0.138. The van der Waals surface area contributed by atoms with E-state index >= 15 is 0 Å². The summed E-state index contributed by atoms with van der Waals surface area (Å²) in [4.78, 5) is 0. The minimum atomic E-state index is -4.49. The number of hydrogen-bond donors (Lipinski definition) is 1. The second-order valence-corrected chi connectivity index (χ2v) is 2.67. The van der Waals surface area contributed by atoms with Crippen molar-refractivity contribution in [3.63, 3.8) is 0 Å². The molecule has 1 rings (SSSR count). The van der Waals surface area contributed by atoms with Crippen LogP contribution in [0.25, 0.3) is 0 Å². The monoisotopic (exact) mass is 204 g/mol. The molecule has 1 unspecified atom stereocenters. The molecule has 0 aliphatic heterocycles. The zero-order chi connectivity index (χ0) is 10.8. The molecule has 0 amide bonds. The number of nitrogens with zero attached hydrogens (tertiary/aromatic N) is 1. The first kappa shape index (κ1) is 10.6. The van der Waals surface area contributed by atoms with Crippen molar-refractivity contribution in [2.24, 2.45) is 5.73 Å². The Hall–Kier alpha value is -1.48. The Labute approximate surface area is 77.9 Å². The summed E-state index contributed by atoms with van der Waals surface area (Å²) in [6.07, 6.45) is -3.79. The zero-order valence-electron chi connectivity index (χ0n) is 7.01. The molecule has 0 saturated carbocycles. The summed E-state index contributed by atoms with van der Waals surface area (Å²) >= 11 is 0. The van der Waals surface area contributed by atoms with Crippen molar-refractivity contribution in [2.75, 3.05) is 0 Å². The third-order valence-electron chi connectivity index (χ3n) is 1.65. The van der Waals surface area contributed by atoms with Crippen LogP contribution in [0.1, 0.15) is 23.8 Å². The van der Waals surface area contributed by atoms with Gasteiger partial charge in [0.05, 0.1) is 30.4 Å². The van der Waals surface area contributed by atoms with Crippen LogP contribution in [0.5, 0.6) is 0 Å². The number of rotatable bonds is 2. The maximum atomic E-state index is 12.3. The average molecular weight is 204 g/mol. The van der Waals surface area contributed by atoms with Gasteiger partial charge < -0.3 is 10.2 Å². The quantitative estimate of drug-likeness (QED) is 0.803. The molecule has 0 aliphatic rings. The minimum absolute atomic E-state index is 0.212. The summed E-state index contributed by atoms with van der Waals surface area (Å²) in [7, 11) is 0. The Morgan fingerprint density at radius 2 is 2.21 bits per heavy atom. The number of halogens is 3. The standard InChI is InChI=1S/C8H7F3N2O/c9-8(10,11)5-2-4-14-7(5)6(13)1-3-12/h2,4,6H,1,13H2. The molecule has 1 aromatic heterocycles. The topological polar surface area (TPSA) is 63.0 Å². The molecule has 2 N–H and O–H groups in total. The lowest BCUT2D eigenvalue weighted by atomic mass is 10.1. The fourth-order valence-electron chi connectivity index (χ4n) is 1.03. The molecule has 1 atom stereocenters. The normalized spacial score (nSPS) is 13.6. The average Bonchev–Trinajstić information content (AvgIpc) is 2.50. The molecular formula is C8H7F3N2O. The van der Waals surface area contributed by atoms with E-state index in [1.807, 2.05) is 0 Å². The highest BCUT2D eigenvalue weighted by Crippen LogP contribution is 2.35. The summed E-state index contributed by atoms with van der Waals surface area (Å²) in [5.74, 6) is -0.390. The number of hydrogen-bond acceptors (Lipinski definition) is 3. The Bertz CT molecular complexity index is 350. The van der Waals surface area contributed by atoms with Gasteiger partial charge in [0.15, 0.2) is 0 Å². The van der Waals surface area contributed by atoms with Crippen LogP contribution >= 0.6 is 0 Å². The fourth-order valence-corrected chi connectivity index (χ4v) is 1.03. The number of furan rings is 1. The number of nitrogens with two attached hydrogens (primary N) is 1. The third kappa shape index (κ3) is 2.06. The van der Waals surface area contributed by atoms with E-state index in [0.29, 0.717) is 0 Å². The van der Waals surface area contributed by atoms with Gasteiger partial charge in [-0.2, -0.15) is 18.4 Å². The van der Waals surface area contributed by atoms with Crippen LogP contribution < -0.4 is 5.73 Å². The lowest BCUT2D eigenvalue weighted by Crippen LogP contribution is -2.15. The smallest absolute Gasteiger partial charge is 0.419 e. The third-order valence-corrected chi connectivity index (χ3v) is 1.65. The maximum Gasteiger partial charge on any atom is 0.419 e. The van der Waals surface area contributed by atoms with E-state index in [9.17, 15) is 13.2 Å². The second kappa shape index (κ2) is 3.72. The molecule has 0 radical (unpaired) electrons. The minimum Gasteiger partial charge on any atom is -0.467 e. The maximum absolute atomic E-state index is 12.3. The molecule has 0 aromatic carbocycles. The molecular weight excluding hydrogens is 197 g/mol. The Balaban J connectivity index is 3.00. The van der Waals surface area contributed by atoms with Gasteiger partial charge >= 0.3 is 6.18 Å². The molecule has 1 heterocycles. The van der Waals surface area contributed by atoms with E-state index in [4.69, 9.17) is 11.0 Å². The van der Waals surface area contributed by atoms with E-state index in [1.165, 1.54) is 0 Å². The molecule has 0 fully saturated rings. The summed E-state index contributed by atoms with van der Waals surface area (Å²) < 4.78 is 41.5. The van der Waals surface area contributed by atoms with E-state index in [2.05, 4.69) is 4.42 Å². The predicted octanol–water partition coefficient (Wildman–Crippen LogP) is 2.21. The van der Waals surface area contributed by atoms with Gasteiger partial charge in [0, 0.05) is 0 Å². The van der Waals surface area contributed by atoms with Gasteiger partial charge in [-0.3, -0.25) is 0 Å². The number of alkyl halides is 3. The van der Waals surface area contributed by atoms with Gasteiger partial charge in [0.1, 0.15) is 5.76 Å². The van der Waals surface area contributed by atoms with Crippen LogP contribution in [-0.2, 0) is 6.18 Å². The summed E-state index contributed by atoms with van der Waals surface area (Å²) in [6.45, 7) is 0. The molecule has 1 aromatic rings. The first-order valence-corrected chi connectivity index (χ1v) is 3.74. The summed E-state index contributed by atoms with van der Waals surface area (Å²) in [5, 5.41) is 8.28. The van der Waals surface area contributed by atoms with E-state index in [0.717, 1.165) is 12.3 Å². The highest BCUT2D eigenvalue weighted by atomic mass is 19.4. The molecule has 76 valence electrons. The molecule has 14 heavy (non-hydrogen) atoms.